The number of pyridine rings is 1. The number of halogens is 2. The van der Waals surface area contributed by atoms with Gasteiger partial charge in [0.15, 0.2) is 0 Å². The van der Waals surface area contributed by atoms with Gasteiger partial charge in [-0.15, -0.1) is 11.6 Å². The van der Waals surface area contributed by atoms with Crippen molar-refractivity contribution < 1.29 is 0 Å². The highest BCUT2D eigenvalue weighted by atomic mass is 79.9. The molecule has 1 unspecified atom stereocenters. The first-order valence-corrected chi connectivity index (χ1v) is 6.86. The molecule has 90 valence electrons. The lowest BCUT2D eigenvalue weighted by Gasteiger charge is -2.24. The molecule has 1 heterocycles. The summed E-state index contributed by atoms with van der Waals surface area (Å²) >= 11 is 9.76. The van der Waals surface area contributed by atoms with Crippen LogP contribution in [0.3, 0.4) is 0 Å². The molecule has 1 rings (SSSR count). The third kappa shape index (κ3) is 4.84. The zero-order valence-corrected chi connectivity index (χ0v) is 12.5. The van der Waals surface area contributed by atoms with Crippen LogP contribution >= 0.6 is 27.5 Å². The van der Waals surface area contributed by atoms with Gasteiger partial charge in [-0.05, 0) is 52.2 Å². The minimum Gasteiger partial charge on any atom is -0.263 e. The molecule has 0 aromatic carbocycles. The highest BCUT2D eigenvalue weighted by Crippen LogP contribution is 2.28. The van der Waals surface area contributed by atoms with E-state index in [-0.39, 0.29) is 10.8 Å². The summed E-state index contributed by atoms with van der Waals surface area (Å²) in [6, 6.07) is 2.12. The van der Waals surface area contributed by atoms with Crippen molar-refractivity contribution in [2.75, 3.05) is 0 Å². The number of aryl methyl sites for hydroxylation is 1. The normalized spacial score (nSPS) is 13.8. The molecule has 1 aromatic heterocycles. The molecule has 0 saturated heterocycles. The van der Waals surface area contributed by atoms with Crippen LogP contribution in [0.5, 0.6) is 0 Å². The molecule has 0 aliphatic heterocycles. The van der Waals surface area contributed by atoms with E-state index in [9.17, 15) is 0 Å². The zero-order chi connectivity index (χ0) is 12.2. The molecule has 16 heavy (non-hydrogen) atoms. The molecule has 0 amide bonds. The van der Waals surface area contributed by atoms with Crippen molar-refractivity contribution in [3.05, 3.63) is 28.5 Å². The van der Waals surface area contributed by atoms with Crippen molar-refractivity contribution in [1.82, 2.24) is 4.98 Å². The van der Waals surface area contributed by atoms with Gasteiger partial charge in [0.25, 0.3) is 0 Å². The van der Waals surface area contributed by atoms with E-state index < -0.39 is 0 Å². The van der Waals surface area contributed by atoms with Crippen LogP contribution in [0.2, 0.25) is 0 Å². The first-order chi connectivity index (χ1) is 7.39. The van der Waals surface area contributed by atoms with Gasteiger partial charge in [0.2, 0.25) is 0 Å². The maximum atomic E-state index is 6.33. The Bertz CT molecular complexity index is 333. The molecule has 1 aromatic rings. The number of aromatic nitrogens is 1. The number of rotatable bonds is 4. The molecule has 0 fully saturated rings. The molecule has 1 atom stereocenters. The van der Waals surface area contributed by atoms with E-state index in [1.54, 1.807) is 0 Å². The number of nitrogens with zero attached hydrogens (tertiary/aromatic N) is 1. The number of alkyl halides is 1. The minimum absolute atomic E-state index is 0.192. The van der Waals surface area contributed by atoms with Crippen LogP contribution in [-0.4, -0.2) is 10.4 Å². The van der Waals surface area contributed by atoms with Crippen molar-refractivity contribution in [2.45, 2.75) is 45.4 Å². The average Bonchev–Trinajstić information content (AvgIpc) is 2.16. The smallest absolute Gasteiger partial charge is 0.0410 e. The molecule has 0 bridgehead atoms. The van der Waals surface area contributed by atoms with E-state index >= 15 is 0 Å². The van der Waals surface area contributed by atoms with E-state index in [1.807, 2.05) is 12.4 Å². The van der Waals surface area contributed by atoms with Crippen molar-refractivity contribution in [3.8, 4) is 0 Å². The van der Waals surface area contributed by atoms with E-state index in [0.717, 1.165) is 23.7 Å². The fraction of sp³-hybridized carbons (Fsp3) is 0.615. The molecule has 1 nitrogen and oxygen atoms in total. The summed E-state index contributed by atoms with van der Waals surface area (Å²) in [4.78, 5) is 4.15. The topological polar surface area (TPSA) is 12.9 Å². The first-order valence-electron chi connectivity index (χ1n) is 5.63. The first kappa shape index (κ1) is 14.0. The largest absolute Gasteiger partial charge is 0.263 e. The Labute approximate surface area is 112 Å². The van der Waals surface area contributed by atoms with Crippen LogP contribution < -0.4 is 0 Å². The molecule has 0 spiro atoms. The highest BCUT2D eigenvalue weighted by Gasteiger charge is 2.21. The van der Waals surface area contributed by atoms with Crippen LogP contribution in [0, 0.1) is 5.41 Å². The van der Waals surface area contributed by atoms with Gasteiger partial charge in [0, 0.05) is 22.2 Å². The van der Waals surface area contributed by atoms with Gasteiger partial charge in [-0.3, -0.25) is 4.98 Å². The molecule has 0 aliphatic carbocycles. The molecular formula is C13H19BrClN. The molecule has 0 radical (unpaired) electrons. The lowest BCUT2D eigenvalue weighted by molar-refractivity contribution is 0.369. The third-order valence-corrected chi connectivity index (χ3v) is 3.93. The summed E-state index contributed by atoms with van der Waals surface area (Å²) in [5, 5.41) is 0.243. The van der Waals surface area contributed by atoms with Crippen LogP contribution in [0.25, 0.3) is 0 Å². The lowest BCUT2D eigenvalue weighted by Crippen LogP contribution is -2.20. The summed E-state index contributed by atoms with van der Waals surface area (Å²) in [5.41, 5.74) is 1.46. The van der Waals surface area contributed by atoms with Crippen molar-refractivity contribution in [2.24, 2.45) is 5.41 Å². The monoisotopic (exact) mass is 303 g/mol. The minimum atomic E-state index is 0.192. The maximum Gasteiger partial charge on any atom is 0.0410 e. The molecular weight excluding hydrogens is 286 g/mol. The van der Waals surface area contributed by atoms with Gasteiger partial charge in [-0.1, -0.05) is 20.8 Å². The Morgan fingerprint density at radius 2 is 2.06 bits per heavy atom. The molecule has 3 heteroatoms. The average molecular weight is 305 g/mol. The van der Waals surface area contributed by atoms with Gasteiger partial charge < -0.3 is 0 Å². The summed E-state index contributed by atoms with van der Waals surface area (Å²) < 4.78 is 1.04. The van der Waals surface area contributed by atoms with E-state index in [1.165, 1.54) is 5.56 Å². The van der Waals surface area contributed by atoms with Crippen LogP contribution in [-0.2, 0) is 6.42 Å². The fourth-order valence-corrected chi connectivity index (χ4v) is 2.08. The lowest BCUT2D eigenvalue weighted by atomic mass is 9.88. The van der Waals surface area contributed by atoms with E-state index in [4.69, 9.17) is 11.6 Å². The second-order valence-electron chi connectivity index (χ2n) is 5.24. The van der Waals surface area contributed by atoms with Gasteiger partial charge in [0.05, 0.1) is 0 Å². The Kier molecular flexibility index (Phi) is 5.26. The standard InChI is InChI=1S/C13H19BrClN/c1-13(2,3)12(15)6-4-5-10-7-11(14)9-16-8-10/h7-9,12H,4-6H2,1-3H3. The van der Waals surface area contributed by atoms with E-state index in [0.29, 0.717) is 0 Å². The molecule has 0 saturated carbocycles. The number of hydrogen-bond donors (Lipinski definition) is 0. The predicted octanol–water partition coefficient (Wildman–Crippen LogP) is 4.82. The second-order valence-corrected chi connectivity index (χ2v) is 6.68. The van der Waals surface area contributed by atoms with Crippen LogP contribution in [0.1, 0.15) is 39.2 Å². The zero-order valence-electron chi connectivity index (χ0n) is 10.1. The quantitative estimate of drug-likeness (QED) is 0.727. The number of hydrogen-bond acceptors (Lipinski definition) is 1. The van der Waals surface area contributed by atoms with Crippen LogP contribution in [0.4, 0.5) is 0 Å². The van der Waals surface area contributed by atoms with Crippen molar-refractivity contribution in [3.63, 3.8) is 0 Å². The van der Waals surface area contributed by atoms with Crippen molar-refractivity contribution in [1.29, 1.82) is 0 Å². The van der Waals surface area contributed by atoms with Crippen LogP contribution in [0.15, 0.2) is 22.9 Å². The summed E-state index contributed by atoms with van der Waals surface area (Å²) in [6.45, 7) is 6.56. The van der Waals surface area contributed by atoms with Gasteiger partial charge >= 0.3 is 0 Å². The molecule has 0 N–H and O–H groups in total. The summed E-state index contributed by atoms with van der Waals surface area (Å²) in [6.07, 6.45) is 6.95. The van der Waals surface area contributed by atoms with Crippen molar-refractivity contribution >= 4 is 27.5 Å². The highest BCUT2D eigenvalue weighted by molar-refractivity contribution is 9.10. The third-order valence-electron chi connectivity index (χ3n) is 2.62. The SMILES string of the molecule is CC(C)(C)C(Cl)CCCc1cncc(Br)c1. The maximum absolute atomic E-state index is 6.33. The Hall–Kier alpha value is -0.0800. The van der Waals surface area contributed by atoms with Gasteiger partial charge in [-0.25, -0.2) is 0 Å². The Balaban J connectivity index is 2.36. The second kappa shape index (κ2) is 6.02. The predicted molar refractivity (Wildman–Crippen MR) is 74.0 cm³/mol. The van der Waals surface area contributed by atoms with Gasteiger partial charge in [-0.2, -0.15) is 0 Å². The molecule has 0 aliphatic rings. The van der Waals surface area contributed by atoms with Gasteiger partial charge in [0.1, 0.15) is 0 Å². The Morgan fingerprint density at radius 3 is 2.62 bits per heavy atom. The Morgan fingerprint density at radius 1 is 1.38 bits per heavy atom. The summed E-state index contributed by atoms with van der Waals surface area (Å²) in [7, 11) is 0. The van der Waals surface area contributed by atoms with E-state index in [2.05, 4.69) is 47.8 Å². The fourth-order valence-electron chi connectivity index (χ4n) is 1.51. The summed E-state index contributed by atoms with van der Waals surface area (Å²) in [5.74, 6) is 0.